The van der Waals surface area contributed by atoms with Gasteiger partial charge >= 0.3 is 0 Å². The zero-order valence-corrected chi connectivity index (χ0v) is 8.24. The van der Waals surface area contributed by atoms with Crippen LogP contribution in [0.25, 0.3) is 0 Å². The molecule has 3 nitrogen and oxygen atoms in total. The Hall–Kier alpha value is -0.610. The highest BCUT2D eigenvalue weighted by Gasteiger charge is 2.08. The first kappa shape index (κ1) is 9.48. The number of carbonyl (C=O) groups excluding carboxylic acids is 1. The summed E-state index contributed by atoms with van der Waals surface area (Å²) in [4.78, 5) is 18.8. The largest absolute Gasteiger partial charge is 0.293 e. The Bertz CT molecular complexity index is 316. The Balaban J connectivity index is 3.17. The van der Waals surface area contributed by atoms with E-state index in [0.29, 0.717) is 10.2 Å². The van der Waals surface area contributed by atoms with Gasteiger partial charge in [-0.15, -0.1) is 0 Å². The minimum atomic E-state index is -0.141. The smallest absolute Gasteiger partial charge is 0.188 e. The van der Waals surface area contributed by atoms with E-state index in [9.17, 15) is 4.79 Å². The highest BCUT2D eigenvalue weighted by atomic mass is 35.5. The number of hydrogen-bond donors (Lipinski definition) is 0. The van der Waals surface area contributed by atoms with Gasteiger partial charge in [-0.05, 0) is 6.26 Å². The summed E-state index contributed by atoms with van der Waals surface area (Å²) in [5, 5.41) is 0.866. The van der Waals surface area contributed by atoms with Crippen molar-refractivity contribution in [1.29, 1.82) is 0 Å². The van der Waals surface area contributed by atoms with E-state index in [2.05, 4.69) is 9.97 Å². The molecule has 0 aromatic carbocycles. The molecule has 64 valence electrons. The molecule has 0 aliphatic heterocycles. The predicted molar refractivity (Wildman–Crippen MR) is 48.8 cm³/mol. The number of ketones is 1. The van der Waals surface area contributed by atoms with Crippen molar-refractivity contribution in [1.82, 2.24) is 9.97 Å². The number of nitrogens with zero attached hydrogens (tertiary/aromatic N) is 2. The van der Waals surface area contributed by atoms with Crippen molar-refractivity contribution in [2.75, 3.05) is 6.26 Å². The van der Waals surface area contributed by atoms with Gasteiger partial charge in [-0.3, -0.25) is 4.79 Å². The fourth-order valence-electron chi connectivity index (χ4n) is 0.696. The van der Waals surface area contributed by atoms with Crippen LogP contribution in [-0.2, 0) is 0 Å². The van der Waals surface area contributed by atoms with Gasteiger partial charge in [0.2, 0.25) is 0 Å². The van der Waals surface area contributed by atoms with Crippen LogP contribution in [0, 0.1) is 0 Å². The zero-order valence-electron chi connectivity index (χ0n) is 6.67. The summed E-state index contributed by atoms with van der Waals surface area (Å²) in [6.07, 6.45) is 3.28. The van der Waals surface area contributed by atoms with Crippen LogP contribution in [0.3, 0.4) is 0 Å². The van der Waals surface area contributed by atoms with Crippen molar-refractivity contribution in [2.45, 2.75) is 12.1 Å². The first-order chi connectivity index (χ1) is 5.65. The molecule has 1 aromatic heterocycles. The van der Waals surface area contributed by atoms with Crippen molar-refractivity contribution in [3.63, 3.8) is 0 Å². The molecule has 0 aliphatic rings. The van der Waals surface area contributed by atoms with Crippen LogP contribution in [0.15, 0.2) is 11.4 Å². The maximum Gasteiger partial charge on any atom is 0.188 e. The molecule has 0 saturated heterocycles. The first-order valence-electron chi connectivity index (χ1n) is 3.22. The molecule has 0 saturated carbocycles. The van der Waals surface area contributed by atoms with E-state index in [-0.39, 0.29) is 11.5 Å². The monoisotopic (exact) mass is 202 g/mol. The van der Waals surface area contributed by atoms with Crippen LogP contribution < -0.4 is 0 Å². The van der Waals surface area contributed by atoms with E-state index in [1.807, 2.05) is 6.26 Å². The summed E-state index contributed by atoms with van der Waals surface area (Å²) in [5.41, 5.74) is 0.288. The molecule has 12 heavy (non-hydrogen) atoms. The van der Waals surface area contributed by atoms with Gasteiger partial charge in [0.25, 0.3) is 0 Å². The quantitative estimate of drug-likeness (QED) is 0.418. The molecular weight excluding hydrogens is 196 g/mol. The van der Waals surface area contributed by atoms with Gasteiger partial charge in [-0.25, -0.2) is 9.97 Å². The molecule has 0 spiro atoms. The number of halogens is 1. The number of hydrogen-bond acceptors (Lipinski definition) is 4. The summed E-state index contributed by atoms with van der Waals surface area (Å²) in [6.45, 7) is 1.43. The summed E-state index contributed by atoms with van der Waals surface area (Å²) in [7, 11) is 0. The van der Waals surface area contributed by atoms with Gasteiger partial charge in [0.05, 0.1) is 11.2 Å². The SMILES string of the molecule is CSc1ncc(Cl)c(C(C)=O)n1. The number of rotatable bonds is 2. The van der Waals surface area contributed by atoms with Gasteiger partial charge in [0.15, 0.2) is 10.9 Å². The second-order valence-electron chi connectivity index (χ2n) is 2.11. The lowest BCUT2D eigenvalue weighted by molar-refractivity contribution is 0.101. The van der Waals surface area contributed by atoms with Crippen LogP contribution in [0.2, 0.25) is 5.02 Å². The van der Waals surface area contributed by atoms with Gasteiger partial charge in [-0.1, -0.05) is 23.4 Å². The lowest BCUT2D eigenvalue weighted by Gasteiger charge is -1.99. The van der Waals surface area contributed by atoms with Crippen LogP contribution in [-0.4, -0.2) is 22.0 Å². The lowest BCUT2D eigenvalue weighted by atomic mass is 10.3. The fourth-order valence-corrected chi connectivity index (χ4v) is 1.26. The lowest BCUT2D eigenvalue weighted by Crippen LogP contribution is -2.00. The Morgan fingerprint density at radius 1 is 1.67 bits per heavy atom. The topological polar surface area (TPSA) is 42.9 Å². The Kier molecular flexibility index (Phi) is 3.05. The molecule has 0 N–H and O–H groups in total. The third kappa shape index (κ3) is 1.95. The minimum absolute atomic E-state index is 0.141. The van der Waals surface area contributed by atoms with Crippen molar-refractivity contribution in [2.24, 2.45) is 0 Å². The van der Waals surface area contributed by atoms with E-state index < -0.39 is 0 Å². The fraction of sp³-hybridized carbons (Fsp3) is 0.286. The number of carbonyl (C=O) groups is 1. The highest BCUT2D eigenvalue weighted by molar-refractivity contribution is 7.98. The molecule has 0 unspecified atom stereocenters. The van der Waals surface area contributed by atoms with Crippen molar-refractivity contribution >= 4 is 29.1 Å². The van der Waals surface area contributed by atoms with Crippen LogP contribution >= 0.6 is 23.4 Å². The van der Waals surface area contributed by atoms with E-state index in [0.717, 1.165) is 0 Å². The molecule has 0 bridgehead atoms. The zero-order chi connectivity index (χ0) is 9.14. The third-order valence-electron chi connectivity index (χ3n) is 1.24. The summed E-state index contributed by atoms with van der Waals surface area (Å²) in [5.74, 6) is -0.141. The van der Waals surface area contributed by atoms with E-state index >= 15 is 0 Å². The summed E-state index contributed by atoms with van der Waals surface area (Å²) < 4.78 is 0. The first-order valence-corrected chi connectivity index (χ1v) is 4.83. The number of aromatic nitrogens is 2. The van der Waals surface area contributed by atoms with Crippen LogP contribution in [0.1, 0.15) is 17.4 Å². The average molecular weight is 203 g/mol. The van der Waals surface area contributed by atoms with E-state index in [1.54, 1.807) is 0 Å². The highest BCUT2D eigenvalue weighted by Crippen LogP contribution is 2.16. The van der Waals surface area contributed by atoms with Crippen molar-refractivity contribution < 1.29 is 4.79 Å². The molecule has 0 atom stereocenters. The Labute approximate surface area is 79.6 Å². The second kappa shape index (κ2) is 3.87. The molecule has 0 radical (unpaired) electrons. The van der Waals surface area contributed by atoms with E-state index in [4.69, 9.17) is 11.6 Å². The standard InChI is InChI=1S/C7H7ClN2OS/c1-4(11)6-5(8)3-9-7(10-6)12-2/h3H,1-2H3. The molecule has 1 rings (SSSR count). The molecular formula is C7H7ClN2OS. The summed E-state index contributed by atoms with van der Waals surface area (Å²) >= 11 is 7.07. The summed E-state index contributed by atoms with van der Waals surface area (Å²) in [6, 6.07) is 0. The van der Waals surface area contributed by atoms with Gasteiger partial charge in [0.1, 0.15) is 5.69 Å². The molecule has 0 aliphatic carbocycles. The third-order valence-corrected chi connectivity index (χ3v) is 2.08. The minimum Gasteiger partial charge on any atom is -0.293 e. The van der Waals surface area contributed by atoms with Crippen LogP contribution in [0.5, 0.6) is 0 Å². The second-order valence-corrected chi connectivity index (χ2v) is 3.29. The maximum atomic E-state index is 11.0. The number of Topliss-reactive ketones (excluding diaryl/α,β-unsaturated/α-hetero) is 1. The normalized spacial score (nSPS) is 9.92. The Morgan fingerprint density at radius 3 is 2.83 bits per heavy atom. The predicted octanol–water partition coefficient (Wildman–Crippen LogP) is 2.05. The van der Waals surface area contributed by atoms with Crippen molar-refractivity contribution in [3.05, 3.63) is 16.9 Å². The molecule has 1 heterocycles. The molecule has 1 aromatic rings. The Morgan fingerprint density at radius 2 is 2.33 bits per heavy atom. The van der Waals surface area contributed by atoms with E-state index in [1.165, 1.54) is 24.9 Å². The average Bonchev–Trinajstić information content (AvgIpc) is 2.05. The maximum absolute atomic E-state index is 11.0. The van der Waals surface area contributed by atoms with Crippen LogP contribution in [0.4, 0.5) is 0 Å². The van der Waals surface area contributed by atoms with Gasteiger partial charge in [-0.2, -0.15) is 0 Å². The molecule has 0 amide bonds. The van der Waals surface area contributed by atoms with Gasteiger partial charge < -0.3 is 0 Å². The van der Waals surface area contributed by atoms with Gasteiger partial charge in [0, 0.05) is 6.92 Å². The number of thioether (sulfide) groups is 1. The molecule has 5 heteroatoms. The molecule has 0 fully saturated rings. The van der Waals surface area contributed by atoms with Crippen molar-refractivity contribution in [3.8, 4) is 0 Å².